The predicted molar refractivity (Wildman–Crippen MR) is 72.9 cm³/mol. The van der Waals surface area contributed by atoms with Gasteiger partial charge >= 0.3 is 0 Å². The number of hydrogen-bond donors (Lipinski definition) is 2. The van der Waals surface area contributed by atoms with Crippen LogP contribution in [-0.2, 0) is 0 Å². The van der Waals surface area contributed by atoms with Gasteiger partial charge in [-0.25, -0.2) is 0 Å². The van der Waals surface area contributed by atoms with Crippen molar-refractivity contribution in [1.82, 2.24) is 10.6 Å². The summed E-state index contributed by atoms with van der Waals surface area (Å²) in [4.78, 5) is 12.4. The number of rotatable bonds is 4. The molecule has 0 radical (unpaired) electrons. The van der Waals surface area contributed by atoms with Gasteiger partial charge in [0, 0.05) is 6.54 Å². The van der Waals surface area contributed by atoms with E-state index in [1.54, 1.807) is 25.3 Å². The van der Waals surface area contributed by atoms with Crippen molar-refractivity contribution in [2.75, 3.05) is 27.3 Å². The number of methoxy groups -OCH3 is 2. The Kier molecular flexibility index (Phi) is 3.95. The summed E-state index contributed by atoms with van der Waals surface area (Å²) in [5.74, 6) is 0.892. The minimum absolute atomic E-state index is 0.137. The SMILES string of the molecule is COc1cccc(C(=O)NC2(C)CCNC2)c1OC. The molecule has 1 unspecified atom stereocenters. The first-order valence-corrected chi connectivity index (χ1v) is 6.34. The molecule has 1 saturated heterocycles. The van der Waals surface area contributed by atoms with Crippen LogP contribution in [0.25, 0.3) is 0 Å². The second kappa shape index (κ2) is 5.48. The molecule has 1 aromatic carbocycles. The maximum absolute atomic E-state index is 12.4. The lowest BCUT2D eigenvalue weighted by Crippen LogP contribution is -2.47. The standard InChI is InChI=1S/C14H20N2O3/c1-14(7-8-15-9-14)16-13(17)10-5-4-6-11(18-2)12(10)19-3/h4-6,15H,7-9H2,1-3H3,(H,16,17). The Labute approximate surface area is 113 Å². The lowest BCUT2D eigenvalue weighted by atomic mass is 10.0. The lowest BCUT2D eigenvalue weighted by molar-refractivity contribution is 0.0909. The molecule has 0 aliphatic carbocycles. The van der Waals surface area contributed by atoms with Crippen molar-refractivity contribution in [2.24, 2.45) is 0 Å². The van der Waals surface area contributed by atoms with Crippen molar-refractivity contribution in [3.05, 3.63) is 23.8 Å². The third kappa shape index (κ3) is 2.81. The fraction of sp³-hybridized carbons (Fsp3) is 0.500. The van der Waals surface area contributed by atoms with E-state index in [4.69, 9.17) is 9.47 Å². The molecular formula is C14H20N2O3. The van der Waals surface area contributed by atoms with Gasteiger partial charge in [-0.2, -0.15) is 0 Å². The first-order chi connectivity index (χ1) is 9.09. The van der Waals surface area contributed by atoms with E-state index >= 15 is 0 Å². The minimum Gasteiger partial charge on any atom is -0.493 e. The molecule has 0 bridgehead atoms. The number of amides is 1. The summed E-state index contributed by atoms with van der Waals surface area (Å²) in [5.41, 5.74) is 0.292. The number of carbonyl (C=O) groups excluding carboxylic acids is 1. The second-order valence-corrected chi connectivity index (χ2v) is 4.98. The van der Waals surface area contributed by atoms with Gasteiger partial charge in [-0.15, -0.1) is 0 Å². The molecule has 1 fully saturated rings. The van der Waals surface area contributed by atoms with Gasteiger partial charge in [0.05, 0.1) is 25.3 Å². The van der Waals surface area contributed by atoms with Crippen molar-refractivity contribution >= 4 is 5.91 Å². The van der Waals surface area contributed by atoms with Crippen LogP contribution in [0.15, 0.2) is 18.2 Å². The van der Waals surface area contributed by atoms with E-state index in [1.165, 1.54) is 7.11 Å². The summed E-state index contributed by atoms with van der Waals surface area (Å²) in [6.45, 7) is 3.74. The van der Waals surface area contributed by atoms with Crippen LogP contribution < -0.4 is 20.1 Å². The lowest BCUT2D eigenvalue weighted by Gasteiger charge is -2.25. The predicted octanol–water partition coefficient (Wildman–Crippen LogP) is 1.19. The Morgan fingerprint density at radius 1 is 1.37 bits per heavy atom. The molecule has 1 aliphatic heterocycles. The van der Waals surface area contributed by atoms with Crippen LogP contribution in [0.3, 0.4) is 0 Å². The number of benzene rings is 1. The highest BCUT2D eigenvalue weighted by molar-refractivity contribution is 5.98. The average molecular weight is 264 g/mol. The van der Waals surface area contributed by atoms with Crippen LogP contribution in [0.2, 0.25) is 0 Å². The quantitative estimate of drug-likeness (QED) is 0.857. The summed E-state index contributed by atoms with van der Waals surface area (Å²) in [6, 6.07) is 5.29. The molecule has 5 nitrogen and oxygen atoms in total. The zero-order valence-corrected chi connectivity index (χ0v) is 11.6. The van der Waals surface area contributed by atoms with Crippen molar-refractivity contribution in [1.29, 1.82) is 0 Å². The Morgan fingerprint density at radius 3 is 2.74 bits per heavy atom. The minimum atomic E-state index is -0.203. The van der Waals surface area contributed by atoms with E-state index in [-0.39, 0.29) is 11.4 Å². The molecule has 1 heterocycles. The maximum Gasteiger partial charge on any atom is 0.255 e. The van der Waals surface area contributed by atoms with E-state index in [1.807, 2.05) is 6.92 Å². The summed E-state index contributed by atoms with van der Waals surface area (Å²) >= 11 is 0. The van der Waals surface area contributed by atoms with E-state index < -0.39 is 0 Å². The monoisotopic (exact) mass is 264 g/mol. The number of para-hydroxylation sites is 1. The number of hydrogen-bond acceptors (Lipinski definition) is 4. The first-order valence-electron chi connectivity index (χ1n) is 6.34. The molecule has 0 aromatic heterocycles. The fourth-order valence-corrected chi connectivity index (χ4v) is 2.33. The first kappa shape index (κ1) is 13.7. The number of ether oxygens (including phenoxy) is 2. The summed E-state index contributed by atoms with van der Waals surface area (Å²) in [7, 11) is 3.09. The number of carbonyl (C=O) groups is 1. The van der Waals surface area contributed by atoms with E-state index in [0.29, 0.717) is 17.1 Å². The van der Waals surface area contributed by atoms with Crippen LogP contribution in [0.1, 0.15) is 23.7 Å². The van der Waals surface area contributed by atoms with Gasteiger partial charge in [0.2, 0.25) is 0 Å². The molecule has 0 spiro atoms. The fourth-order valence-electron chi connectivity index (χ4n) is 2.33. The van der Waals surface area contributed by atoms with Gasteiger partial charge in [-0.1, -0.05) is 6.07 Å². The van der Waals surface area contributed by atoms with Gasteiger partial charge in [0.1, 0.15) is 0 Å². The van der Waals surface area contributed by atoms with E-state index in [2.05, 4.69) is 10.6 Å². The molecule has 19 heavy (non-hydrogen) atoms. The van der Waals surface area contributed by atoms with Gasteiger partial charge < -0.3 is 20.1 Å². The molecule has 5 heteroatoms. The summed E-state index contributed by atoms with van der Waals surface area (Å²) < 4.78 is 10.5. The van der Waals surface area contributed by atoms with Crippen molar-refractivity contribution in [3.63, 3.8) is 0 Å². The zero-order valence-electron chi connectivity index (χ0n) is 11.6. The average Bonchev–Trinajstić information content (AvgIpc) is 2.83. The van der Waals surface area contributed by atoms with Crippen LogP contribution in [0.4, 0.5) is 0 Å². The van der Waals surface area contributed by atoms with Gasteiger partial charge in [0.25, 0.3) is 5.91 Å². The summed E-state index contributed by atoms with van der Waals surface area (Å²) in [6.07, 6.45) is 0.922. The molecule has 1 amide bonds. The van der Waals surface area contributed by atoms with E-state index in [9.17, 15) is 4.79 Å². The molecule has 104 valence electrons. The number of nitrogens with one attached hydrogen (secondary N) is 2. The van der Waals surface area contributed by atoms with Gasteiger partial charge in [-0.3, -0.25) is 4.79 Å². The molecule has 1 aliphatic rings. The molecule has 1 aromatic rings. The van der Waals surface area contributed by atoms with Gasteiger partial charge in [0.15, 0.2) is 11.5 Å². The summed E-state index contributed by atoms with van der Waals surface area (Å²) in [5, 5.41) is 6.31. The van der Waals surface area contributed by atoms with Gasteiger partial charge in [-0.05, 0) is 32.0 Å². The topological polar surface area (TPSA) is 59.6 Å². The van der Waals surface area contributed by atoms with Crippen molar-refractivity contribution in [2.45, 2.75) is 18.9 Å². The molecule has 2 N–H and O–H groups in total. The Balaban J connectivity index is 2.23. The second-order valence-electron chi connectivity index (χ2n) is 4.98. The Bertz CT molecular complexity index is 468. The highest BCUT2D eigenvalue weighted by Gasteiger charge is 2.31. The molecule has 1 atom stereocenters. The van der Waals surface area contributed by atoms with Crippen molar-refractivity contribution < 1.29 is 14.3 Å². The third-order valence-electron chi connectivity index (χ3n) is 3.43. The van der Waals surface area contributed by atoms with Crippen LogP contribution >= 0.6 is 0 Å². The van der Waals surface area contributed by atoms with E-state index in [0.717, 1.165) is 19.5 Å². The zero-order chi connectivity index (χ0) is 13.9. The Hall–Kier alpha value is -1.75. The largest absolute Gasteiger partial charge is 0.493 e. The van der Waals surface area contributed by atoms with Crippen LogP contribution in [-0.4, -0.2) is 38.8 Å². The smallest absolute Gasteiger partial charge is 0.255 e. The maximum atomic E-state index is 12.4. The highest BCUT2D eigenvalue weighted by Crippen LogP contribution is 2.31. The van der Waals surface area contributed by atoms with Crippen LogP contribution in [0, 0.1) is 0 Å². The Morgan fingerprint density at radius 2 is 2.16 bits per heavy atom. The third-order valence-corrected chi connectivity index (χ3v) is 3.43. The highest BCUT2D eigenvalue weighted by atomic mass is 16.5. The normalized spacial score (nSPS) is 22.1. The molecule has 0 saturated carbocycles. The molecule has 2 rings (SSSR count). The molecular weight excluding hydrogens is 244 g/mol. The van der Waals surface area contributed by atoms with Crippen molar-refractivity contribution in [3.8, 4) is 11.5 Å². The van der Waals surface area contributed by atoms with Crippen LogP contribution in [0.5, 0.6) is 11.5 Å².